The first-order chi connectivity index (χ1) is 55.6. The van der Waals surface area contributed by atoms with Gasteiger partial charge in [-0.25, -0.2) is 9.78 Å². The first kappa shape index (κ1) is 91.7. The van der Waals surface area contributed by atoms with Crippen LogP contribution in [-0.2, 0) is 101 Å². The predicted octanol–water partition coefficient (Wildman–Crippen LogP) is -7.48. The number of aromatic amines is 3. The molecule has 2 fully saturated rings. The Balaban J connectivity index is 1.03. The number of hydrogen-bond donors (Lipinski definition) is 23. The fraction of sp³-hybridized carbons (Fsp3) is 0.514. The molecular formula is C74H103N21O22. The van der Waals surface area contributed by atoms with Crippen molar-refractivity contribution in [2.24, 2.45) is 28.9 Å². The number of para-hydroxylation sites is 2. The molecule has 14 atom stereocenters. The molecule has 2 aliphatic heterocycles. The smallest absolute Gasteiger partial charge is 0.326 e. The molecule has 0 unspecified atom stereocenters. The number of H-pyrrole nitrogens is 3. The minimum Gasteiger partial charge on any atom is -0.481 e. The summed E-state index contributed by atoms with van der Waals surface area (Å²) in [4.78, 5) is 246. The lowest BCUT2D eigenvalue weighted by molar-refractivity contribution is -0.147. The predicted molar refractivity (Wildman–Crippen MR) is 412 cm³/mol. The fourth-order valence-electron chi connectivity index (χ4n) is 13.5. The van der Waals surface area contributed by atoms with Crippen molar-refractivity contribution >= 4 is 122 Å². The summed E-state index contributed by atoms with van der Waals surface area (Å²) in [5, 5.41) is 78.5. The summed E-state index contributed by atoms with van der Waals surface area (Å²) in [5.41, 5.74) is 25.1. The molecule has 0 saturated carbocycles. The zero-order valence-corrected chi connectivity index (χ0v) is 64.6. The van der Waals surface area contributed by atoms with Crippen LogP contribution in [0.15, 0.2) is 73.4 Å². The molecule has 0 bridgehead atoms. The van der Waals surface area contributed by atoms with Crippen LogP contribution in [-0.4, -0.2) is 280 Å². The van der Waals surface area contributed by atoms with E-state index in [1.807, 2.05) is 12.1 Å². The van der Waals surface area contributed by atoms with Crippen molar-refractivity contribution < 1.29 is 107 Å². The number of imidazole rings is 1. The number of aromatic nitrogens is 4. The van der Waals surface area contributed by atoms with Crippen molar-refractivity contribution in [2.45, 2.75) is 195 Å². The monoisotopic (exact) mass is 1640 g/mol. The van der Waals surface area contributed by atoms with E-state index in [4.69, 9.17) is 22.9 Å². The summed E-state index contributed by atoms with van der Waals surface area (Å²) < 4.78 is 0. The third-order valence-corrected chi connectivity index (χ3v) is 19.8. The molecule has 43 nitrogen and oxygen atoms in total. The lowest BCUT2D eigenvalue weighted by Gasteiger charge is -2.31. The number of hydrogen-bond acceptors (Lipinski definition) is 23. The van der Waals surface area contributed by atoms with Crippen LogP contribution in [0.2, 0.25) is 0 Å². The van der Waals surface area contributed by atoms with E-state index in [0.29, 0.717) is 34.9 Å². The van der Waals surface area contributed by atoms with Gasteiger partial charge in [-0.15, -0.1) is 0 Å². The number of carboxylic acids is 2. The summed E-state index contributed by atoms with van der Waals surface area (Å²) >= 11 is 0. The van der Waals surface area contributed by atoms with E-state index in [2.05, 4.69) is 78.4 Å². The van der Waals surface area contributed by atoms with Gasteiger partial charge in [-0.2, -0.15) is 0 Å². The summed E-state index contributed by atoms with van der Waals surface area (Å²) in [6, 6.07) is -6.68. The SMILES string of the molecule is CC(C)[C@H](NC(=O)[C@H](CO)NC(=O)[C@H](CCCCN)NC(=O)[C@H](CCC(N)=O)NC(=O)[C@@H]1CCCN1C(=O)[C@H](Cc1c[nH]c2ccccc12)NC(=O)[C@@H](N)[C@@H](C)O)C(=O)N[C@@H](Cc1c[nH]c2ccccc12)C(=O)N[C@@H](Cc1cnc[nH]1)C(=O)NCC(=O)N[C@@H](CO)C(=O)N[C@@H](CC(=O)O)C(=O)N1CCC[C@H]1C(=O)N[C@@H](CC(N)=O)C(=O)O. The maximum atomic E-state index is 14.9. The molecule has 15 amide bonds. The molecule has 2 aliphatic rings. The van der Waals surface area contributed by atoms with Crippen LogP contribution in [0.5, 0.6) is 0 Å². The fourth-order valence-corrected chi connectivity index (χ4v) is 13.5. The number of carboxylic acid groups (broad SMARTS) is 2. The number of aliphatic hydroxyl groups excluding tert-OH is 3. The minimum absolute atomic E-state index is 0.0299. The maximum Gasteiger partial charge on any atom is 0.326 e. The van der Waals surface area contributed by atoms with Gasteiger partial charge < -0.3 is 132 Å². The highest BCUT2D eigenvalue weighted by Gasteiger charge is 2.44. The molecule has 0 aliphatic carbocycles. The summed E-state index contributed by atoms with van der Waals surface area (Å²) in [6.07, 6.45) is 1.88. The van der Waals surface area contributed by atoms with Crippen LogP contribution in [0.1, 0.15) is 108 Å². The van der Waals surface area contributed by atoms with Crippen LogP contribution in [0.25, 0.3) is 21.8 Å². The molecule has 0 radical (unpaired) electrons. The number of carbonyl (C=O) groups excluding carboxylic acids is 15. The highest BCUT2D eigenvalue weighted by Crippen LogP contribution is 2.26. The van der Waals surface area contributed by atoms with Crippen LogP contribution in [0.3, 0.4) is 0 Å². The zero-order valence-electron chi connectivity index (χ0n) is 64.6. The van der Waals surface area contributed by atoms with Gasteiger partial charge in [0.05, 0.1) is 45.0 Å². The first-order valence-electron chi connectivity index (χ1n) is 38.0. The topological polar surface area (TPSA) is 694 Å². The number of nitrogens with two attached hydrogens (primary N) is 4. The highest BCUT2D eigenvalue weighted by molar-refractivity contribution is 6.02. The number of aliphatic hydroxyl groups is 3. The molecule has 2 saturated heterocycles. The molecule has 43 heteroatoms. The lowest BCUT2D eigenvalue weighted by atomic mass is 9.99. The number of amides is 15. The Bertz CT molecular complexity index is 4400. The van der Waals surface area contributed by atoms with Crippen molar-refractivity contribution in [1.29, 1.82) is 0 Å². The average molecular weight is 1640 g/mol. The Kier molecular flexibility index (Phi) is 34.4. The number of carbonyl (C=O) groups is 17. The van der Waals surface area contributed by atoms with E-state index in [1.165, 1.54) is 38.2 Å². The van der Waals surface area contributed by atoms with Gasteiger partial charge in [-0.1, -0.05) is 50.2 Å². The Morgan fingerprint density at radius 1 is 0.521 bits per heavy atom. The van der Waals surface area contributed by atoms with Gasteiger partial charge in [0.15, 0.2) is 0 Å². The Labute approximate surface area is 668 Å². The van der Waals surface area contributed by atoms with E-state index < -0.39 is 237 Å². The largest absolute Gasteiger partial charge is 0.481 e. The second kappa shape index (κ2) is 43.9. The normalized spacial score (nSPS) is 17.0. The number of benzene rings is 2. The standard InChI is InChI=1S/C74H103N21O22/c1-36(2)61(93-67(109)53(34-97)92-63(105)45(16-8-9-21-75)85-64(106)46(19-20-56(76)99)86-68(110)54-17-10-22-94(54)72(114)49(90-70(112)60(78)37(3)98)25-39-30-81-44-15-7-5-13-42(39)44)71(113)88-47(24-38-29-80-43-14-6-4-12-41(38)43)65(107)87-48(26-40-31-79-35-83-40)62(104)82-32-58(101)84-52(33-96)66(108)89-50(28-59(102)103)73(115)95-23-11-18-55(95)69(111)91-51(74(116)117)27-57(77)100/h4-7,12-15,29-31,35-37,45-55,60-61,80-81,96-98H,8-11,16-28,32-34,75,78H2,1-3H3,(H2,76,99)(H2,77,100)(H,79,83)(H,82,104)(H,84,101)(H,85,106)(H,86,110)(H,87,107)(H,88,113)(H,89,108)(H,90,112)(H,91,111)(H,92,105)(H,93,109)(H,102,103)(H,116,117)/t37-,45+,46+,47+,48+,49+,50+,51+,52+,53+,54+,55+,60+,61+/m1/s1. The van der Waals surface area contributed by atoms with Crippen molar-refractivity contribution in [3.63, 3.8) is 0 Å². The van der Waals surface area contributed by atoms with E-state index in [9.17, 15) is 107 Å². The molecule has 117 heavy (non-hydrogen) atoms. The molecular weight excluding hydrogens is 1530 g/mol. The van der Waals surface area contributed by atoms with E-state index in [-0.39, 0.29) is 76.7 Å². The van der Waals surface area contributed by atoms with Crippen molar-refractivity contribution in [3.8, 4) is 0 Å². The van der Waals surface area contributed by atoms with Gasteiger partial charge in [0.1, 0.15) is 78.5 Å². The van der Waals surface area contributed by atoms with Gasteiger partial charge in [-0.05, 0) is 94.0 Å². The third kappa shape index (κ3) is 26.3. The second-order valence-corrected chi connectivity index (χ2v) is 28.9. The number of likely N-dealkylation sites (tertiary alicyclic amines) is 2. The number of primary amides is 2. The molecule has 27 N–H and O–H groups in total. The van der Waals surface area contributed by atoms with Crippen molar-refractivity contribution in [2.75, 3.05) is 39.4 Å². The van der Waals surface area contributed by atoms with Gasteiger partial charge in [-0.3, -0.25) is 76.7 Å². The summed E-state index contributed by atoms with van der Waals surface area (Å²) in [7, 11) is 0. The lowest BCUT2D eigenvalue weighted by Crippen LogP contribution is -2.62. The minimum atomic E-state index is -1.94. The zero-order chi connectivity index (χ0) is 85.9. The molecule has 5 aromatic rings. The summed E-state index contributed by atoms with van der Waals surface area (Å²) in [5.74, 6) is -19.3. The number of fused-ring (bicyclic) bond motifs is 2. The van der Waals surface area contributed by atoms with Crippen molar-refractivity contribution in [3.05, 3.63) is 90.3 Å². The van der Waals surface area contributed by atoms with Crippen LogP contribution in [0, 0.1) is 5.92 Å². The third-order valence-electron chi connectivity index (χ3n) is 19.8. The molecule has 0 spiro atoms. The molecule has 3 aromatic heterocycles. The van der Waals surface area contributed by atoms with Crippen molar-refractivity contribution in [1.82, 2.24) is 88.2 Å². The molecule has 7 rings (SSSR count). The van der Waals surface area contributed by atoms with E-state index in [0.717, 1.165) is 15.8 Å². The number of nitrogens with zero attached hydrogens (tertiary/aromatic N) is 3. The average Bonchev–Trinajstić information content (AvgIpc) is 1.67. The number of nitrogens with one attached hydrogen (secondary N) is 14. The van der Waals surface area contributed by atoms with Gasteiger partial charge >= 0.3 is 11.9 Å². The van der Waals surface area contributed by atoms with Gasteiger partial charge in [0.2, 0.25) is 88.6 Å². The van der Waals surface area contributed by atoms with Crippen LogP contribution >= 0.6 is 0 Å². The number of aliphatic carboxylic acids is 2. The Morgan fingerprint density at radius 3 is 1.52 bits per heavy atom. The summed E-state index contributed by atoms with van der Waals surface area (Å²) in [6.45, 7) is 1.11. The van der Waals surface area contributed by atoms with Crippen LogP contribution < -0.4 is 81.4 Å². The van der Waals surface area contributed by atoms with Gasteiger partial charge in [0, 0.05) is 84.9 Å². The van der Waals surface area contributed by atoms with Gasteiger partial charge in [0.25, 0.3) is 0 Å². The van der Waals surface area contributed by atoms with E-state index >= 15 is 0 Å². The Hall–Kier alpha value is -12.5. The number of rotatable bonds is 46. The Morgan fingerprint density at radius 2 is 1.00 bits per heavy atom. The first-order valence-corrected chi connectivity index (χ1v) is 38.0. The second-order valence-electron chi connectivity index (χ2n) is 28.9. The quantitative estimate of drug-likeness (QED) is 0.0161. The van der Waals surface area contributed by atoms with Crippen LogP contribution in [0.4, 0.5) is 0 Å². The van der Waals surface area contributed by atoms with E-state index in [1.54, 1.807) is 48.8 Å². The number of unbranched alkanes of at least 4 members (excludes halogenated alkanes) is 1. The molecule has 2 aromatic carbocycles. The molecule has 5 heterocycles. The maximum absolute atomic E-state index is 14.9. The highest BCUT2D eigenvalue weighted by atomic mass is 16.4. The molecule has 636 valence electrons.